The second-order valence-corrected chi connectivity index (χ2v) is 4.00. The van der Waals surface area contributed by atoms with Gasteiger partial charge in [0.15, 0.2) is 5.65 Å². The van der Waals surface area contributed by atoms with Crippen LogP contribution in [0.25, 0.3) is 11.2 Å². The highest BCUT2D eigenvalue weighted by atomic mass is 35.5. The minimum Gasteiger partial charge on any atom is -0.368 e. The van der Waals surface area contributed by atoms with Crippen molar-refractivity contribution >= 4 is 40.5 Å². The molecule has 0 aliphatic heterocycles. The fourth-order valence-electron chi connectivity index (χ4n) is 1.13. The first-order valence-corrected chi connectivity index (χ1v) is 5.94. The molecular formula is C9H8ClN5S. The number of anilines is 1. The molecule has 0 saturated carbocycles. The number of nitrogens with one attached hydrogen (secondary N) is 1. The average molecular weight is 254 g/mol. The van der Waals surface area contributed by atoms with E-state index < -0.39 is 0 Å². The van der Waals surface area contributed by atoms with E-state index in [-0.39, 0.29) is 5.95 Å². The van der Waals surface area contributed by atoms with Crippen LogP contribution < -0.4 is 5.73 Å². The lowest BCUT2D eigenvalue weighted by molar-refractivity contribution is 1.10. The molecule has 7 heteroatoms. The molecule has 0 saturated heterocycles. The number of alkyl halides is 1. The topological polar surface area (TPSA) is 80.5 Å². The Hall–Kier alpha value is -1.45. The molecular weight excluding hydrogens is 246 g/mol. The van der Waals surface area contributed by atoms with Gasteiger partial charge in [0.25, 0.3) is 0 Å². The molecule has 0 fully saturated rings. The predicted octanol–water partition coefficient (Wildman–Crippen LogP) is 1.27. The number of hydrogen-bond donors (Lipinski definition) is 2. The first-order valence-electron chi connectivity index (χ1n) is 4.42. The molecule has 16 heavy (non-hydrogen) atoms. The number of halogens is 1. The number of imidazole rings is 1. The summed E-state index contributed by atoms with van der Waals surface area (Å²) in [7, 11) is 0. The Morgan fingerprint density at radius 3 is 3.12 bits per heavy atom. The maximum atomic E-state index is 5.57. The van der Waals surface area contributed by atoms with Gasteiger partial charge in [-0.15, -0.1) is 11.6 Å². The molecule has 82 valence electrons. The van der Waals surface area contributed by atoms with Crippen LogP contribution >= 0.6 is 23.4 Å². The number of rotatable bonds is 2. The monoisotopic (exact) mass is 253 g/mol. The van der Waals surface area contributed by atoms with Gasteiger partial charge in [0.1, 0.15) is 10.5 Å². The summed E-state index contributed by atoms with van der Waals surface area (Å²) < 4.78 is 0. The number of H-pyrrole nitrogens is 1. The zero-order valence-corrected chi connectivity index (χ0v) is 9.77. The SMILES string of the molecule is Nc1nc(SCC#CCCl)c2[nH]cnc2n1. The lowest BCUT2D eigenvalue weighted by Gasteiger charge is -1.99. The van der Waals surface area contributed by atoms with Crippen molar-refractivity contribution in [1.82, 2.24) is 19.9 Å². The van der Waals surface area contributed by atoms with Crippen molar-refractivity contribution in [3.63, 3.8) is 0 Å². The van der Waals surface area contributed by atoms with E-state index in [1.165, 1.54) is 11.8 Å². The van der Waals surface area contributed by atoms with E-state index in [2.05, 4.69) is 31.8 Å². The first-order chi connectivity index (χ1) is 7.81. The van der Waals surface area contributed by atoms with Crippen LogP contribution in [0.4, 0.5) is 5.95 Å². The summed E-state index contributed by atoms with van der Waals surface area (Å²) in [5.74, 6) is 6.84. The van der Waals surface area contributed by atoms with Gasteiger partial charge in [-0.25, -0.2) is 9.97 Å². The number of nitrogens with zero attached hydrogens (tertiary/aromatic N) is 3. The molecule has 5 nitrogen and oxygen atoms in total. The third-order valence-electron chi connectivity index (χ3n) is 1.74. The van der Waals surface area contributed by atoms with E-state index in [0.29, 0.717) is 17.3 Å². The second kappa shape index (κ2) is 5.05. The Morgan fingerprint density at radius 2 is 2.31 bits per heavy atom. The van der Waals surface area contributed by atoms with E-state index >= 15 is 0 Å². The number of aromatic amines is 1. The lowest BCUT2D eigenvalue weighted by Crippen LogP contribution is -1.97. The van der Waals surface area contributed by atoms with Crippen molar-refractivity contribution in [1.29, 1.82) is 0 Å². The van der Waals surface area contributed by atoms with Crippen LogP contribution in [0.5, 0.6) is 0 Å². The molecule has 2 aromatic heterocycles. The molecule has 0 aliphatic carbocycles. The van der Waals surface area contributed by atoms with Crippen molar-refractivity contribution in [2.75, 3.05) is 17.4 Å². The quantitative estimate of drug-likeness (QED) is 0.365. The summed E-state index contributed by atoms with van der Waals surface area (Å²) in [4.78, 5) is 15.1. The summed E-state index contributed by atoms with van der Waals surface area (Å²) in [6.07, 6.45) is 1.56. The molecule has 0 atom stereocenters. The van der Waals surface area contributed by atoms with Crippen LogP contribution in [0.2, 0.25) is 0 Å². The van der Waals surface area contributed by atoms with Crippen molar-refractivity contribution in [3.05, 3.63) is 6.33 Å². The molecule has 0 aromatic carbocycles. The number of nitrogen functional groups attached to an aromatic ring is 1. The third kappa shape index (κ3) is 2.38. The fourth-order valence-corrected chi connectivity index (χ4v) is 1.99. The van der Waals surface area contributed by atoms with Gasteiger partial charge in [0.2, 0.25) is 5.95 Å². The van der Waals surface area contributed by atoms with Crippen molar-refractivity contribution in [3.8, 4) is 11.8 Å². The van der Waals surface area contributed by atoms with E-state index in [4.69, 9.17) is 17.3 Å². The Bertz CT molecular complexity index is 556. The van der Waals surface area contributed by atoms with Gasteiger partial charge in [0, 0.05) is 0 Å². The van der Waals surface area contributed by atoms with E-state index in [9.17, 15) is 0 Å². The normalized spacial score (nSPS) is 10.1. The number of aromatic nitrogens is 4. The van der Waals surface area contributed by atoms with Crippen LogP contribution in [0.15, 0.2) is 11.4 Å². The highest BCUT2D eigenvalue weighted by Gasteiger charge is 2.07. The minimum atomic E-state index is 0.215. The van der Waals surface area contributed by atoms with Gasteiger partial charge in [0.05, 0.1) is 18.0 Å². The van der Waals surface area contributed by atoms with Crippen molar-refractivity contribution in [2.45, 2.75) is 5.03 Å². The molecule has 3 N–H and O–H groups in total. The van der Waals surface area contributed by atoms with E-state index in [1.54, 1.807) is 6.33 Å². The maximum Gasteiger partial charge on any atom is 0.223 e. The fraction of sp³-hybridized carbons (Fsp3) is 0.222. The average Bonchev–Trinajstić information content (AvgIpc) is 2.72. The number of thioether (sulfide) groups is 1. The molecule has 0 spiro atoms. The van der Waals surface area contributed by atoms with Crippen LogP contribution in [-0.4, -0.2) is 31.6 Å². The molecule has 2 rings (SSSR count). The summed E-state index contributed by atoms with van der Waals surface area (Å²) in [6, 6.07) is 0. The number of nitrogens with two attached hydrogens (primary N) is 1. The van der Waals surface area contributed by atoms with Gasteiger partial charge >= 0.3 is 0 Å². The van der Waals surface area contributed by atoms with Gasteiger partial charge in [-0.3, -0.25) is 0 Å². The molecule has 0 aliphatic rings. The Balaban J connectivity index is 2.25. The summed E-state index contributed by atoms with van der Waals surface area (Å²) >= 11 is 6.92. The Morgan fingerprint density at radius 1 is 1.44 bits per heavy atom. The highest BCUT2D eigenvalue weighted by molar-refractivity contribution is 7.99. The lowest BCUT2D eigenvalue weighted by atomic mass is 10.5. The molecule has 2 aromatic rings. The third-order valence-corrected chi connectivity index (χ3v) is 2.73. The van der Waals surface area contributed by atoms with Gasteiger partial charge in [-0.05, 0) is 0 Å². The Labute approximate surface area is 101 Å². The predicted molar refractivity (Wildman–Crippen MR) is 65.3 cm³/mol. The molecule has 0 unspecified atom stereocenters. The summed E-state index contributed by atoms with van der Waals surface area (Å²) in [5.41, 5.74) is 6.92. The standard InChI is InChI=1S/C9H8ClN5S/c10-3-1-2-4-16-8-6-7(13-5-12-6)14-9(11)15-8/h5H,3-4H2,(H3,11,12,13,14,15). The zero-order chi connectivity index (χ0) is 11.4. The van der Waals surface area contributed by atoms with Crippen LogP contribution in [0, 0.1) is 11.8 Å². The first kappa shape index (κ1) is 11.0. The van der Waals surface area contributed by atoms with E-state index in [1.807, 2.05) is 0 Å². The Kier molecular flexibility index (Phi) is 3.49. The second-order valence-electron chi connectivity index (χ2n) is 2.76. The highest BCUT2D eigenvalue weighted by Crippen LogP contribution is 2.22. The van der Waals surface area contributed by atoms with Gasteiger partial charge in [-0.2, -0.15) is 4.98 Å². The zero-order valence-electron chi connectivity index (χ0n) is 8.20. The number of hydrogen-bond acceptors (Lipinski definition) is 5. The van der Waals surface area contributed by atoms with Crippen LogP contribution in [0.1, 0.15) is 0 Å². The molecule has 0 radical (unpaired) electrons. The minimum absolute atomic E-state index is 0.215. The maximum absolute atomic E-state index is 5.57. The largest absolute Gasteiger partial charge is 0.368 e. The number of fused-ring (bicyclic) bond motifs is 1. The van der Waals surface area contributed by atoms with Crippen molar-refractivity contribution in [2.24, 2.45) is 0 Å². The van der Waals surface area contributed by atoms with Gasteiger partial charge < -0.3 is 10.7 Å². The summed E-state index contributed by atoms with van der Waals surface area (Å²) in [6.45, 7) is 0. The molecule has 2 heterocycles. The van der Waals surface area contributed by atoms with Crippen LogP contribution in [0.3, 0.4) is 0 Å². The van der Waals surface area contributed by atoms with Crippen LogP contribution in [-0.2, 0) is 0 Å². The van der Waals surface area contributed by atoms with Crippen molar-refractivity contribution < 1.29 is 0 Å². The smallest absolute Gasteiger partial charge is 0.223 e. The van der Waals surface area contributed by atoms with Gasteiger partial charge in [-0.1, -0.05) is 23.6 Å². The summed E-state index contributed by atoms with van der Waals surface area (Å²) in [5, 5.41) is 0.754. The van der Waals surface area contributed by atoms with E-state index in [0.717, 1.165) is 10.5 Å². The molecule has 0 bridgehead atoms. The molecule has 0 amide bonds.